The summed E-state index contributed by atoms with van der Waals surface area (Å²) in [5.74, 6) is -3.53. The van der Waals surface area contributed by atoms with Gasteiger partial charge in [-0.25, -0.2) is 9.68 Å². The first-order chi connectivity index (χ1) is 11.4. The van der Waals surface area contributed by atoms with Crippen molar-refractivity contribution >= 4 is 5.97 Å². The Labute approximate surface area is 150 Å². The highest BCUT2D eigenvalue weighted by molar-refractivity contribution is 5.75. The third-order valence-corrected chi connectivity index (χ3v) is 2.84. The van der Waals surface area contributed by atoms with Crippen molar-refractivity contribution in [2.24, 2.45) is 0 Å². The molecule has 0 heterocycles. The minimum atomic E-state index is -2.15. The highest BCUT2D eigenvalue weighted by Crippen LogP contribution is 2.26. The largest absolute Gasteiger partial charge is 0.477 e. The van der Waals surface area contributed by atoms with Crippen LogP contribution in [0.3, 0.4) is 0 Å². The molecular formula is C17H34O8. The fraction of sp³-hybridized carbons (Fsp3) is 0.941. The number of carboxylic acids is 1. The van der Waals surface area contributed by atoms with Crippen molar-refractivity contribution in [3.05, 3.63) is 0 Å². The van der Waals surface area contributed by atoms with E-state index < -0.39 is 23.0 Å². The summed E-state index contributed by atoms with van der Waals surface area (Å²) in [5.41, 5.74) is -1.38. The van der Waals surface area contributed by atoms with Gasteiger partial charge in [0.1, 0.15) is 0 Å². The number of rotatable bonds is 13. The molecule has 8 heteroatoms. The molecule has 1 atom stereocenters. The zero-order valence-electron chi connectivity index (χ0n) is 16.5. The molecule has 0 aliphatic carbocycles. The SMILES string of the molecule is CCCCCCCC(OOOOC(C)(C)C)(OOC(C)(C)C)C(=O)O. The lowest BCUT2D eigenvalue weighted by atomic mass is 10.1. The van der Waals surface area contributed by atoms with Crippen molar-refractivity contribution in [2.45, 2.75) is 104 Å². The molecule has 150 valence electrons. The summed E-state index contributed by atoms with van der Waals surface area (Å²) >= 11 is 0. The van der Waals surface area contributed by atoms with Gasteiger partial charge in [-0.1, -0.05) is 32.6 Å². The van der Waals surface area contributed by atoms with Crippen LogP contribution in [-0.4, -0.2) is 28.1 Å². The van der Waals surface area contributed by atoms with E-state index in [0.29, 0.717) is 6.42 Å². The van der Waals surface area contributed by atoms with Crippen LogP contribution in [0.1, 0.15) is 87.0 Å². The highest BCUT2D eigenvalue weighted by Gasteiger charge is 2.46. The van der Waals surface area contributed by atoms with Crippen LogP contribution in [0, 0.1) is 0 Å². The Morgan fingerprint density at radius 3 is 1.76 bits per heavy atom. The lowest BCUT2D eigenvalue weighted by Crippen LogP contribution is -2.46. The van der Waals surface area contributed by atoms with E-state index in [-0.39, 0.29) is 6.42 Å². The van der Waals surface area contributed by atoms with Gasteiger partial charge in [0.15, 0.2) is 0 Å². The number of carbonyl (C=O) groups is 1. The molecule has 0 bridgehead atoms. The monoisotopic (exact) mass is 366 g/mol. The Morgan fingerprint density at radius 1 is 0.760 bits per heavy atom. The third-order valence-electron chi connectivity index (χ3n) is 2.84. The van der Waals surface area contributed by atoms with E-state index >= 15 is 0 Å². The van der Waals surface area contributed by atoms with Crippen LogP contribution in [0.25, 0.3) is 0 Å². The van der Waals surface area contributed by atoms with Gasteiger partial charge in [-0.05, 0) is 58.0 Å². The van der Waals surface area contributed by atoms with Crippen LogP contribution in [-0.2, 0) is 34.4 Å². The number of unbranched alkanes of at least 4 members (excludes halogenated alkanes) is 4. The van der Waals surface area contributed by atoms with Crippen molar-refractivity contribution in [2.75, 3.05) is 0 Å². The quantitative estimate of drug-likeness (QED) is 0.221. The van der Waals surface area contributed by atoms with Crippen molar-refractivity contribution in [3.8, 4) is 0 Å². The molecule has 0 amide bonds. The van der Waals surface area contributed by atoms with Crippen LogP contribution < -0.4 is 0 Å². The van der Waals surface area contributed by atoms with Gasteiger partial charge in [0.05, 0.1) is 11.2 Å². The Hall–Kier alpha value is -0.770. The lowest BCUT2D eigenvalue weighted by Gasteiger charge is -2.29. The Balaban J connectivity index is 4.79. The molecule has 0 aromatic carbocycles. The average Bonchev–Trinajstić information content (AvgIpc) is 2.46. The number of aliphatic carboxylic acids is 1. The maximum absolute atomic E-state index is 11.7. The minimum Gasteiger partial charge on any atom is -0.477 e. The van der Waals surface area contributed by atoms with Gasteiger partial charge in [0.25, 0.3) is 0 Å². The zero-order chi connectivity index (χ0) is 19.6. The van der Waals surface area contributed by atoms with Crippen molar-refractivity contribution in [1.29, 1.82) is 0 Å². The molecule has 0 aromatic rings. The molecule has 1 unspecified atom stereocenters. The summed E-state index contributed by atoms with van der Waals surface area (Å²) in [6.07, 6.45) is 4.59. The van der Waals surface area contributed by atoms with Gasteiger partial charge in [0, 0.05) is 6.42 Å². The van der Waals surface area contributed by atoms with Gasteiger partial charge in [0.2, 0.25) is 0 Å². The van der Waals surface area contributed by atoms with Crippen LogP contribution in [0.4, 0.5) is 0 Å². The lowest BCUT2D eigenvalue weighted by molar-refractivity contribution is -0.685. The van der Waals surface area contributed by atoms with E-state index in [0.717, 1.165) is 25.7 Å². The molecule has 0 saturated heterocycles. The van der Waals surface area contributed by atoms with Crippen LogP contribution >= 0.6 is 0 Å². The van der Waals surface area contributed by atoms with Gasteiger partial charge in [-0.2, -0.15) is 14.7 Å². The Morgan fingerprint density at radius 2 is 1.28 bits per heavy atom. The normalized spacial score (nSPS) is 15.2. The molecule has 0 fully saturated rings. The summed E-state index contributed by atoms with van der Waals surface area (Å²) in [5, 5.41) is 18.5. The van der Waals surface area contributed by atoms with Crippen molar-refractivity contribution < 1.29 is 39.5 Å². The molecule has 0 aromatic heterocycles. The first-order valence-corrected chi connectivity index (χ1v) is 8.72. The van der Waals surface area contributed by atoms with Gasteiger partial charge >= 0.3 is 11.8 Å². The smallest absolute Gasteiger partial charge is 0.370 e. The second kappa shape index (κ2) is 11.1. The van der Waals surface area contributed by atoms with Crippen LogP contribution in [0.15, 0.2) is 0 Å². The summed E-state index contributed by atoms with van der Waals surface area (Å²) in [6.45, 7) is 12.5. The molecule has 0 saturated carbocycles. The van der Waals surface area contributed by atoms with Gasteiger partial charge < -0.3 is 5.11 Å². The molecule has 0 spiro atoms. The molecule has 1 N–H and O–H groups in total. The first-order valence-electron chi connectivity index (χ1n) is 8.72. The summed E-state index contributed by atoms with van der Waals surface area (Å²) in [7, 11) is 0. The first kappa shape index (κ1) is 24.2. The zero-order valence-corrected chi connectivity index (χ0v) is 16.5. The maximum Gasteiger partial charge on any atom is 0.370 e. The molecule has 8 nitrogen and oxygen atoms in total. The Kier molecular flexibility index (Phi) is 10.7. The van der Waals surface area contributed by atoms with E-state index in [9.17, 15) is 9.90 Å². The molecule has 0 aliphatic heterocycles. The van der Waals surface area contributed by atoms with Crippen LogP contribution in [0.2, 0.25) is 0 Å². The van der Waals surface area contributed by atoms with E-state index in [4.69, 9.17) is 19.6 Å². The summed E-state index contributed by atoms with van der Waals surface area (Å²) in [6, 6.07) is 0. The molecular weight excluding hydrogens is 332 g/mol. The highest BCUT2D eigenvalue weighted by atomic mass is 17.7. The van der Waals surface area contributed by atoms with Crippen LogP contribution in [0.5, 0.6) is 0 Å². The fourth-order valence-corrected chi connectivity index (χ4v) is 1.61. The molecule has 0 aliphatic rings. The standard InChI is InChI=1S/C17H34O8/c1-8-9-10-11-12-13-17(14(18)19,22-20-15(2,3)4)23-25-24-21-16(5,6)7/h8-13H2,1-7H3,(H,18,19). The van der Waals surface area contributed by atoms with E-state index in [1.54, 1.807) is 41.5 Å². The summed E-state index contributed by atoms with van der Waals surface area (Å²) < 4.78 is 0. The number of hydrogen-bond acceptors (Lipinski definition) is 7. The third kappa shape index (κ3) is 12.3. The average molecular weight is 366 g/mol. The van der Waals surface area contributed by atoms with E-state index in [1.165, 1.54) is 0 Å². The molecule has 0 rings (SSSR count). The molecule has 25 heavy (non-hydrogen) atoms. The fourth-order valence-electron chi connectivity index (χ4n) is 1.61. The summed E-state index contributed by atoms with van der Waals surface area (Å²) in [4.78, 5) is 31.8. The predicted octanol–water partition coefficient (Wildman–Crippen LogP) is 4.48. The Bertz CT molecular complexity index is 372. The predicted molar refractivity (Wildman–Crippen MR) is 89.8 cm³/mol. The topological polar surface area (TPSA) is 92.7 Å². The van der Waals surface area contributed by atoms with Gasteiger partial charge in [-0.15, -0.1) is 0 Å². The second-order valence-electron chi connectivity index (χ2n) is 7.92. The maximum atomic E-state index is 11.7. The van der Waals surface area contributed by atoms with Gasteiger partial charge in [-0.3, -0.25) is 0 Å². The van der Waals surface area contributed by atoms with E-state index in [1.807, 2.05) is 0 Å². The van der Waals surface area contributed by atoms with E-state index in [2.05, 4.69) is 17.0 Å². The molecule has 0 radical (unpaired) electrons. The second-order valence-corrected chi connectivity index (χ2v) is 7.92. The number of carboxylic acid groups (broad SMARTS) is 1. The minimum absolute atomic E-state index is 0.0288. The van der Waals surface area contributed by atoms with Crippen molar-refractivity contribution in [1.82, 2.24) is 0 Å². The number of hydrogen-bond donors (Lipinski definition) is 1. The van der Waals surface area contributed by atoms with Crippen molar-refractivity contribution in [3.63, 3.8) is 0 Å².